The molecule has 0 aliphatic heterocycles. The molecule has 0 aliphatic rings. The van der Waals surface area contributed by atoms with Crippen LogP contribution in [0.15, 0.2) is 6.07 Å². The van der Waals surface area contributed by atoms with E-state index in [0.29, 0.717) is 6.54 Å². The number of nitrogens with one attached hydrogen (secondary N) is 1. The minimum Gasteiger partial charge on any atom is -0.345 e. The van der Waals surface area contributed by atoms with Gasteiger partial charge in [-0.05, 0) is 38.3 Å². The summed E-state index contributed by atoms with van der Waals surface area (Å²) in [6.07, 6.45) is 3.16. The van der Waals surface area contributed by atoms with Gasteiger partial charge in [-0.2, -0.15) is 0 Å². The van der Waals surface area contributed by atoms with Crippen molar-refractivity contribution in [2.45, 2.75) is 52.5 Å². The average molecular weight is 268 g/mol. The lowest BCUT2D eigenvalue weighted by molar-refractivity contribution is 0.0920. The van der Waals surface area contributed by atoms with Crippen LogP contribution >= 0.6 is 11.3 Å². The molecule has 1 rings (SSSR count). The minimum atomic E-state index is -0.349. The van der Waals surface area contributed by atoms with Crippen LogP contribution in [0.1, 0.15) is 54.2 Å². The van der Waals surface area contributed by atoms with Crippen molar-refractivity contribution < 1.29 is 4.79 Å². The van der Waals surface area contributed by atoms with Gasteiger partial charge in [0.05, 0.1) is 4.88 Å². The number of nitrogens with two attached hydrogens (primary N) is 1. The van der Waals surface area contributed by atoms with E-state index in [2.05, 4.69) is 19.2 Å². The lowest BCUT2D eigenvalue weighted by atomic mass is 10.1. The Hall–Kier alpha value is -0.870. The highest BCUT2D eigenvalue weighted by Crippen LogP contribution is 2.25. The number of carbonyl (C=O) groups is 1. The zero-order valence-corrected chi connectivity index (χ0v) is 12.6. The van der Waals surface area contributed by atoms with Crippen LogP contribution in [0.2, 0.25) is 0 Å². The maximum atomic E-state index is 12.1. The van der Waals surface area contributed by atoms with Gasteiger partial charge in [0, 0.05) is 17.0 Å². The molecule has 1 amide bonds. The fourth-order valence-corrected chi connectivity index (χ4v) is 2.99. The number of aryl methyl sites for hydroxylation is 2. The van der Waals surface area contributed by atoms with Crippen LogP contribution in [-0.4, -0.2) is 18.0 Å². The largest absolute Gasteiger partial charge is 0.345 e. The van der Waals surface area contributed by atoms with Gasteiger partial charge in [-0.3, -0.25) is 4.79 Å². The van der Waals surface area contributed by atoms with Gasteiger partial charge < -0.3 is 11.1 Å². The first-order valence-electron chi connectivity index (χ1n) is 6.57. The smallest absolute Gasteiger partial charge is 0.261 e. The Bertz CT molecular complexity index is 410. The summed E-state index contributed by atoms with van der Waals surface area (Å²) < 4.78 is 0. The second kappa shape index (κ2) is 6.34. The quantitative estimate of drug-likeness (QED) is 0.833. The molecule has 3 nitrogen and oxygen atoms in total. The summed E-state index contributed by atoms with van der Waals surface area (Å²) in [6, 6.07) is 2.03. The molecule has 0 aromatic carbocycles. The highest BCUT2D eigenvalue weighted by atomic mass is 32.1. The Morgan fingerprint density at radius 1 is 1.44 bits per heavy atom. The van der Waals surface area contributed by atoms with Crippen molar-refractivity contribution in [2.75, 3.05) is 6.54 Å². The Morgan fingerprint density at radius 3 is 2.61 bits per heavy atom. The van der Waals surface area contributed by atoms with Crippen LogP contribution in [0.4, 0.5) is 0 Å². The van der Waals surface area contributed by atoms with Gasteiger partial charge in [-0.15, -0.1) is 11.3 Å². The fourth-order valence-electron chi connectivity index (χ4n) is 1.74. The van der Waals surface area contributed by atoms with Crippen LogP contribution in [0.5, 0.6) is 0 Å². The summed E-state index contributed by atoms with van der Waals surface area (Å²) in [5, 5.41) is 2.98. The number of amides is 1. The maximum absolute atomic E-state index is 12.1. The highest BCUT2D eigenvalue weighted by molar-refractivity contribution is 7.14. The number of hydrogen-bond donors (Lipinski definition) is 2. The van der Waals surface area contributed by atoms with Gasteiger partial charge in [0.25, 0.3) is 5.91 Å². The van der Waals surface area contributed by atoms with Crippen molar-refractivity contribution in [3.63, 3.8) is 0 Å². The van der Waals surface area contributed by atoms with Crippen molar-refractivity contribution >= 4 is 17.2 Å². The van der Waals surface area contributed by atoms with Crippen LogP contribution < -0.4 is 11.1 Å². The van der Waals surface area contributed by atoms with E-state index in [4.69, 9.17) is 5.73 Å². The van der Waals surface area contributed by atoms with Crippen molar-refractivity contribution in [3.8, 4) is 0 Å². The lowest BCUT2D eigenvalue weighted by Crippen LogP contribution is -2.48. The van der Waals surface area contributed by atoms with Crippen molar-refractivity contribution in [2.24, 2.45) is 5.73 Å². The molecule has 0 fully saturated rings. The Kier molecular flexibility index (Phi) is 5.35. The zero-order valence-electron chi connectivity index (χ0n) is 11.8. The van der Waals surface area contributed by atoms with Crippen LogP contribution in [0.25, 0.3) is 0 Å². The maximum Gasteiger partial charge on any atom is 0.261 e. The molecule has 0 bridgehead atoms. The number of carbonyl (C=O) groups excluding carboxylic acids is 1. The Morgan fingerprint density at radius 2 is 2.11 bits per heavy atom. The van der Waals surface area contributed by atoms with Gasteiger partial charge >= 0.3 is 0 Å². The molecule has 0 spiro atoms. The summed E-state index contributed by atoms with van der Waals surface area (Å²) in [5.74, 6) is -0.00694. The molecule has 102 valence electrons. The molecule has 18 heavy (non-hydrogen) atoms. The first kappa shape index (κ1) is 15.2. The first-order chi connectivity index (χ1) is 8.43. The summed E-state index contributed by atoms with van der Waals surface area (Å²) in [5.41, 5.74) is 6.58. The third-order valence-electron chi connectivity index (χ3n) is 2.94. The molecule has 0 saturated heterocycles. The molecule has 1 aromatic heterocycles. The predicted molar refractivity (Wildman–Crippen MR) is 78.3 cm³/mol. The second-order valence-electron chi connectivity index (χ2n) is 5.20. The second-order valence-corrected chi connectivity index (χ2v) is 6.34. The fraction of sp³-hybridized carbons (Fsp3) is 0.643. The standard InChI is InChI=1S/C14H24N2OS/c1-5-7-11-10(6-2)8-12(18-11)13(17)16-14(3,4)9-15/h8H,5-7,9,15H2,1-4H3,(H,16,17). The number of hydrogen-bond acceptors (Lipinski definition) is 3. The number of thiophene rings is 1. The summed E-state index contributed by atoms with van der Waals surface area (Å²) >= 11 is 1.62. The average Bonchev–Trinajstić information content (AvgIpc) is 2.72. The summed E-state index contributed by atoms with van der Waals surface area (Å²) in [7, 11) is 0. The molecule has 4 heteroatoms. The van der Waals surface area contributed by atoms with E-state index in [1.807, 2.05) is 19.9 Å². The lowest BCUT2D eigenvalue weighted by Gasteiger charge is -2.23. The SMILES string of the molecule is CCCc1sc(C(=O)NC(C)(C)CN)cc1CC. The monoisotopic (exact) mass is 268 g/mol. The molecule has 1 heterocycles. The minimum absolute atomic E-state index is 0.00694. The Balaban J connectivity index is 2.86. The van der Waals surface area contributed by atoms with Crippen molar-refractivity contribution in [1.82, 2.24) is 5.32 Å². The topological polar surface area (TPSA) is 55.1 Å². The van der Waals surface area contributed by atoms with Crippen molar-refractivity contribution in [3.05, 3.63) is 21.4 Å². The van der Waals surface area contributed by atoms with Gasteiger partial charge in [0.2, 0.25) is 0 Å². The van der Waals surface area contributed by atoms with Gasteiger partial charge in [-0.25, -0.2) is 0 Å². The molecule has 0 radical (unpaired) electrons. The summed E-state index contributed by atoms with van der Waals surface area (Å²) in [6.45, 7) is 8.61. The molecule has 3 N–H and O–H groups in total. The predicted octanol–water partition coefficient (Wildman–Crippen LogP) is 2.73. The van der Waals surface area contributed by atoms with Gasteiger partial charge in [0.1, 0.15) is 0 Å². The van der Waals surface area contributed by atoms with E-state index < -0.39 is 0 Å². The molecule has 0 saturated carbocycles. The van der Waals surface area contributed by atoms with E-state index in [-0.39, 0.29) is 11.4 Å². The number of rotatable bonds is 6. The molecule has 0 aliphatic carbocycles. The van der Waals surface area contributed by atoms with Crippen LogP contribution in [0.3, 0.4) is 0 Å². The van der Waals surface area contributed by atoms with Gasteiger partial charge in [0.15, 0.2) is 0 Å². The zero-order chi connectivity index (χ0) is 13.8. The van der Waals surface area contributed by atoms with E-state index in [1.54, 1.807) is 11.3 Å². The highest BCUT2D eigenvalue weighted by Gasteiger charge is 2.21. The third-order valence-corrected chi connectivity index (χ3v) is 4.18. The molecular weight excluding hydrogens is 244 g/mol. The molecular formula is C14H24N2OS. The van der Waals surface area contributed by atoms with E-state index in [0.717, 1.165) is 24.1 Å². The van der Waals surface area contributed by atoms with E-state index in [9.17, 15) is 4.79 Å². The van der Waals surface area contributed by atoms with E-state index >= 15 is 0 Å². The molecule has 0 unspecified atom stereocenters. The van der Waals surface area contributed by atoms with Gasteiger partial charge in [-0.1, -0.05) is 20.3 Å². The Labute approximate surface area is 114 Å². The first-order valence-corrected chi connectivity index (χ1v) is 7.39. The van der Waals surface area contributed by atoms with Crippen LogP contribution in [0, 0.1) is 0 Å². The summed E-state index contributed by atoms with van der Waals surface area (Å²) in [4.78, 5) is 14.3. The van der Waals surface area contributed by atoms with Crippen molar-refractivity contribution in [1.29, 1.82) is 0 Å². The third kappa shape index (κ3) is 3.82. The molecule has 1 aromatic rings. The van der Waals surface area contributed by atoms with Crippen LogP contribution in [-0.2, 0) is 12.8 Å². The van der Waals surface area contributed by atoms with E-state index in [1.165, 1.54) is 10.4 Å². The normalized spacial score (nSPS) is 11.6. The molecule has 0 atom stereocenters.